The average molecular weight is 335 g/mol. The summed E-state index contributed by atoms with van der Waals surface area (Å²) in [6.07, 6.45) is 1.67. The van der Waals surface area contributed by atoms with Crippen LogP contribution in [0.1, 0.15) is 32.5 Å². The first-order valence-corrected chi connectivity index (χ1v) is 8.21. The molecule has 1 amide bonds. The Morgan fingerprint density at radius 1 is 1.30 bits per heavy atom. The Bertz CT molecular complexity index is 642. The standard InChI is InChI=1S/C17H23ClN4O/c1-5-21(6-2)15-9-7-14(8-10-15)19-17(23)13(4)22-11-16(18)12(3)20-22/h7-11,13H,5-6H2,1-4H3,(H,19,23). The molecule has 2 aromatic rings. The molecule has 1 N–H and O–H groups in total. The number of carbonyl (C=O) groups is 1. The zero-order valence-corrected chi connectivity index (χ0v) is 14.8. The maximum Gasteiger partial charge on any atom is 0.248 e. The first-order chi connectivity index (χ1) is 11.0. The summed E-state index contributed by atoms with van der Waals surface area (Å²) in [5, 5.41) is 7.72. The molecule has 5 nitrogen and oxygen atoms in total. The lowest BCUT2D eigenvalue weighted by Gasteiger charge is -2.21. The Kier molecular flexibility index (Phi) is 5.66. The molecule has 0 aliphatic rings. The number of anilines is 2. The molecule has 124 valence electrons. The fourth-order valence-corrected chi connectivity index (χ4v) is 2.51. The van der Waals surface area contributed by atoms with E-state index in [1.54, 1.807) is 17.8 Å². The molecule has 0 spiro atoms. The van der Waals surface area contributed by atoms with Crippen LogP contribution in [0.5, 0.6) is 0 Å². The van der Waals surface area contributed by atoms with Gasteiger partial charge in [0.25, 0.3) is 0 Å². The Balaban J connectivity index is 2.05. The maximum atomic E-state index is 12.3. The van der Waals surface area contributed by atoms with E-state index in [4.69, 9.17) is 11.6 Å². The summed E-state index contributed by atoms with van der Waals surface area (Å²) in [7, 11) is 0. The molecule has 0 bridgehead atoms. The number of halogens is 1. The lowest BCUT2D eigenvalue weighted by molar-refractivity contribution is -0.119. The van der Waals surface area contributed by atoms with E-state index >= 15 is 0 Å². The summed E-state index contributed by atoms with van der Waals surface area (Å²) in [6, 6.07) is 7.44. The summed E-state index contributed by atoms with van der Waals surface area (Å²) in [5.74, 6) is -0.125. The monoisotopic (exact) mass is 334 g/mol. The highest BCUT2D eigenvalue weighted by molar-refractivity contribution is 6.31. The molecular formula is C17H23ClN4O. The summed E-state index contributed by atoms with van der Waals surface area (Å²) >= 11 is 5.99. The van der Waals surface area contributed by atoms with Crippen LogP contribution in [0.25, 0.3) is 0 Å². The summed E-state index contributed by atoms with van der Waals surface area (Å²) in [4.78, 5) is 14.6. The van der Waals surface area contributed by atoms with Crippen molar-refractivity contribution in [3.8, 4) is 0 Å². The van der Waals surface area contributed by atoms with Crippen LogP contribution in [-0.2, 0) is 4.79 Å². The number of carbonyl (C=O) groups excluding carboxylic acids is 1. The summed E-state index contributed by atoms with van der Waals surface area (Å²) in [6.45, 7) is 9.77. The molecule has 1 heterocycles. The average Bonchev–Trinajstić information content (AvgIpc) is 2.88. The van der Waals surface area contributed by atoms with E-state index in [0.717, 1.165) is 30.2 Å². The van der Waals surface area contributed by atoms with Gasteiger partial charge in [-0.1, -0.05) is 11.6 Å². The third-order valence-corrected chi connectivity index (χ3v) is 4.27. The molecule has 0 saturated heterocycles. The van der Waals surface area contributed by atoms with Crippen molar-refractivity contribution in [3.63, 3.8) is 0 Å². The Hall–Kier alpha value is -2.01. The van der Waals surface area contributed by atoms with Gasteiger partial charge in [-0.25, -0.2) is 0 Å². The van der Waals surface area contributed by atoms with Crippen LogP contribution >= 0.6 is 11.6 Å². The van der Waals surface area contributed by atoms with E-state index in [0.29, 0.717) is 5.02 Å². The lowest BCUT2D eigenvalue weighted by Crippen LogP contribution is -2.24. The highest BCUT2D eigenvalue weighted by Crippen LogP contribution is 2.20. The quantitative estimate of drug-likeness (QED) is 0.871. The highest BCUT2D eigenvalue weighted by atomic mass is 35.5. The van der Waals surface area contributed by atoms with E-state index in [1.165, 1.54) is 0 Å². The second kappa shape index (κ2) is 7.51. The minimum atomic E-state index is -0.427. The number of aromatic nitrogens is 2. The van der Waals surface area contributed by atoms with Crippen molar-refractivity contribution >= 4 is 28.9 Å². The van der Waals surface area contributed by atoms with E-state index in [2.05, 4.69) is 29.2 Å². The van der Waals surface area contributed by atoms with Gasteiger partial charge in [0.05, 0.1) is 10.7 Å². The minimum Gasteiger partial charge on any atom is -0.372 e. The van der Waals surface area contributed by atoms with Crippen LogP contribution in [0, 0.1) is 6.92 Å². The maximum absolute atomic E-state index is 12.3. The Morgan fingerprint density at radius 3 is 2.39 bits per heavy atom. The SMILES string of the molecule is CCN(CC)c1ccc(NC(=O)C(C)n2cc(Cl)c(C)n2)cc1. The molecule has 1 unspecified atom stereocenters. The van der Waals surface area contributed by atoms with Crippen molar-refractivity contribution in [2.45, 2.75) is 33.7 Å². The molecule has 0 aliphatic heterocycles. The first kappa shape index (κ1) is 17.3. The minimum absolute atomic E-state index is 0.125. The van der Waals surface area contributed by atoms with E-state index in [-0.39, 0.29) is 5.91 Å². The van der Waals surface area contributed by atoms with Crippen LogP contribution < -0.4 is 10.2 Å². The molecule has 0 saturated carbocycles. The van der Waals surface area contributed by atoms with Crippen LogP contribution in [-0.4, -0.2) is 28.8 Å². The van der Waals surface area contributed by atoms with Crippen molar-refractivity contribution in [3.05, 3.63) is 41.2 Å². The van der Waals surface area contributed by atoms with Crippen molar-refractivity contribution in [1.82, 2.24) is 9.78 Å². The van der Waals surface area contributed by atoms with Gasteiger partial charge in [0.1, 0.15) is 6.04 Å². The molecule has 0 radical (unpaired) electrons. The van der Waals surface area contributed by atoms with Gasteiger partial charge in [-0.15, -0.1) is 0 Å². The number of nitrogens with one attached hydrogen (secondary N) is 1. The van der Waals surface area contributed by atoms with Gasteiger partial charge in [-0.05, 0) is 52.0 Å². The van der Waals surface area contributed by atoms with Gasteiger partial charge >= 0.3 is 0 Å². The second-order valence-electron chi connectivity index (χ2n) is 5.43. The van der Waals surface area contributed by atoms with Crippen LogP contribution in [0.2, 0.25) is 5.02 Å². The fraction of sp³-hybridized carbons (Fsp3) is 0.412. The van der Waals surface area contributed by atoms with Crippen molar-refractivity contribution in [2.24, 2.45) is 0 Å². The van der Waals surface area contributed by atoms with E-state index in [1.807, 2.05) is 31.2 Å². The van der Waals surface area contributed by atoms with Gasteiger partial charge in [0.15, 0.2) is 0 Å². The lowest BCUT2D eigenvalue weighted by atomic mass is 10.2. The largest absolute Gasteiger partial charge is 0.372 e. The number of aryl methyl sites for hydroxylation is 1. The van der Waals surface area contributed by atoms with E-state index in [9.17, 15) is 4.79 Å². The summed E-state index contributed by atoms with van der Waals surface area (Å²) < 4.78 is 1.58. The van der Waals surface area contributed by atoms with Crippen molar-refractivity contribution in [2.75, 3.05) is 23.3 Å². The van der Waals surface area contributed by atoms with Gasteiger partial charge in [-0.2, -0.15) is 5.10 Å². The Morgan fingerprint density at radius 2 is 1.91 bits per heavy atom. The molecule has 1 aromatic heterocycles. The number of amides is 1. The Labute approximate surface area is 142 Å². The zero-order valence-electron chi connectivity index (χ0n) is 14.0. The third-order valence-electron chi connectivity index (χ3n) is 3.90. The number of hydrogen-bond acceptors (Lipinski definition) is 3. The topological polar surface area (TPSA) is 50.2 Å². The van der Waals surface area contributed by atoms with Crippen molar-refractivity contribution in [1.29, 1.82) is 0 Å². The molecule has 0 fully saturated rings. The fourth-order valence-electron chi connectivity index (χ4n) is 2.37. The number of hydrogen-bond donors (Lipinski definition) is 1. The number of rotatable bonds is 6. The van der Waals surface area contributed by atoms with Gasteiger partial charge in [0.2, 0.25) is 5.91 Å². The molecule has 1 aromatic carbocycles. The molecular weight excluding hydrogens is 312 g/mol. The van der Waals surface area contributed by atoms with Crippen LogP contribution in [0.15, 0.2) is 30.5 Å². The smallest absolute Gasteiger partial charge is 0.248 e. The van der Waals surface area contributed by atoms with Gasteiger partial charge in [-0.3, -0.25) is 9.48 Å². The van der Waals surface area contributed by atoms with Crippen molar-refractivity contribution < 1.29 is 4.79 Å². The predicted octanol–water partition coefficient (Wildman–Crippen LogP) is 3.89. The molecule has 2 rings (SSSR count). The van der Waals surface area contributed by atoms with E-state index < -0.39 is 6.04 Å². The first-order valence-electron chi connectivity index (χ1n) is 7.83. The second-order valence-corrected chi connectivity index (χ2v) is 5.83. The molecule has 0 aliphatic carbocycles. The highest BCUT2D eigenvalue weighted by Gasteiger charge is 2.17. The van der Waals surface area contributed by atoms with Crippen LogP contribution in [0.3, 0.4) is 0 Å². The molecule has 6 heteroatoms. The van der Waals surface area contributed by atoms with Crippen LogP contribution in [0.4, 0.5) is 11.4 Å². The van der Waals surface area contributed by atoms with Gasteiger partial charge < -0.3 is 10.2 Å². The zero-order chi connectivity index (χ0) is 17.0. The molecule has 1 atom stereocenters. The number of nitrogens with zero attached hydrogens (tertiary/aromatic N) is 3. The van der Waals surface area contributed by atoms with Gasteiger partial charge in [0, 0.05) is 30.7 Å². The number of benzene rings is 1. The predicted molar refractivity (Wildman–Crippen MR) is 95.3 cm³/mol. The molecule has 23 heavy (non-hydrogen) atoms. The third kappa shape index (κ3) is 4.05. The normalized spacial score (nSPS) is 12.0. The summed E-state index contributed by atoms with van der Waals surface area (Å²) in [5.41, 5.74) is 2.64.